The van der Waals surface area contributed by atoms with Crippen molar-refractivity contribution in [3.63, 3.8) is 0 Å². The Bertz CT molecular complexity index is 1110. The molecule has 3 heterocycles. The Balaban J connectivity index is 1.44. The number of nitrogens with one attached hydrogen (secondary N) is 1. The first-order chi connectivity index (χ1) is 17.2. The molecule has 0 aliphatic carbocycles. The van der Waals surface area contributed by atoms with Crippen molar-refractivity contribution < 1.29 is 14.3 Å². The predicted molar refractivity (Wildman–Crippen MR) is 142 cm³/mol. The number of likely N-dealkylation sites (tertiary alicyclic amines) is 1. The molecule has 3 N–H and O–H groups in total. The lowest BCUT2D eigenvalue weighted by Crippen LogP contribution is -2.39. The Morgan fingerprint density at radius 2 is 1.78 bits per heavy atom. The van der Waals surface area contributed by atoms with Crippen LogP contribution in [-0.2, 0) is 11.2 Å². The highest BCUT2D eigenvalue weighted by molar-refractivity contribution is 5.98. The number of ether oxygens (including phenoxy) is 1. The van der Waals surface area contributed by atoms with Crippen molar-refractivity contribution in [2.45, 2.75) is 52.1 Å². The molecule has 8 heteroatoms. The molecule has 0 saturated carbocycles. The summed E-state index contributed by atoms with van der Waals surface area (Å²) >= 11 is 0. The molecule has 0 spiro atoms. The van der Waals surface area contributed by atoms with E-state index in [9.17, 15) is 9.59 Å². The molecule has 8 nitrogen and oxygen atoms in total. The third kappa shape index (κ3) is 6.85. The number of hydrogen-bond donors (Lipinski definition) is 2. The summed E-state index contributed by atoms with van der Waals surface area (Å²) < 4.78 is 5.47. The number of nitrogens with zero attached hydrogens (tertiary/aromatic N) is 3. The molecule has 0 radical (unpaired) electrons. The molecule has 2 amide bonds. The Morgan fingerprint density at radius 1 is 1.06 bits per heavy atom. The SMILES string of the molecule is CC(C)(C)OC(=O)N1CC=C(c2ccc(C(N)=O)c(Nc3ccc(CCN4CCCC4)cc3)n2)CC1. The number of amides is 2. The van der Waals surface area contributed by atoms with Crippen LogP contribution in [0.5, 0.6) is 0 Å². The monoisotopic (exact) mass is 491 g/mol. The van der Waals surface area contributed by atoms with Crippen molar-refractivity contribution in [2.75, 3.05) is 38.0 Å². The maximum absolute atomic E-state index is 12.4. The molecule has 2 aromatic rings. The van der Waals surface area contributed by atoms with Crippen LogP contribution < -0.4 is 11.1 Å². The number of hydrogen-bond acceptors (Lipinski definition) is 6. The highest BCUT2D eigenvalue weighted by atomic mass is 16.6. The van der Waals surface area contributed by atoms with E-state index in [1.165, 1.54) is 31.5 Å². The van der Waals surface area contributed by atoms with E-state index in [1.807, 2.05) is 45.0 Å². The van der Waals surface area contributed by atoms with E-state index in [1.54, 1.807) is 11.0 Å². The van der Waals surface area contributed by atoms with Crippen LogP contribution in [0.1, 0.15) is 61.6 Å². The van der Waals surface area contributed by atoms with Gasteiger partial charge in [0.15, 0.2) is 0 Å². The summed E-state index contributed by atoms with van der Waals surface area (Å²) in [4.78, 5) is 33.3. The number of benzene rings is 1. The average molecular weight is 492 g/mol. The fraction of sp³-hybridized carbons (Fsp3) is 0.464. The number of rotatable bonds is 7. The van der Waals surface area contributed by atoms with E-state index in [-0.39, 0.29) is 6.09 Å². The number of carbonyl (C=O) groups excluding carboxylic acids is 2. The van der Waals surface area contributed by atoms with Crippen molar-refractivity contribution in [2.24, 2.45) is 5.73 Å². The van der Waals surface area contributed by atoms with Crippen LogP contribution in [0, 0.1) is 0 Å². The van der Waals surface area contributed by atoms with Crippen LogP contribution in [0.15, 0.2) is 42.5 Å². The molecular formula is C28H37N5O3. The molecule has 0 unspecified atom stereocenters. The summed E-state index contributed by atoms with van der Waals surface area (Å²) in [7, 11) is 0. The molecule has 2 aliphatic rings. The van der Waals surface area contributed by atoms with Crippen molar-refractivity contribution in [3.05, 3.63) is 59.3 Å². The van der Waals surface area contributed by atoms with Gasteiger partial charge < -0.3 is 25.6 Å². The number of nitrogens with two attached hydrogens (primary N) is 1. The van der Waals surface area contributed by atoms with Gasteiger partial charge in [0, 0.05) is 25.3 Å². The minimum absolute atomic E-state index is 0.318. The normalized spacial score (nSPS) is 16.5. The van der Waals surface area contributed by atoms with E-state index >= 15 is 0 Å². The van der Waals surface area contributed by atoms with Gasteiger partial charge in [-0.15, -0.1) is 0 Å². The van der Waals surface area contributed by atoms with Gasteiger partial charge in [0.25, 0.3) is 5.91 Å². The van der Waals surface area contributed by atoms with E-state index in [0.717, 1.165) is 29.9 Å². The summed E-state index contributed by atoms with van der Waals surface area (Å²) in [6.45, 7) is 10.1. The van der Waals surface area contributed by atoms with Crippen LogP contribution in [0.2, 0.25) is 0 Å². The summed E-state index contributed by atoms with van der Waals surface area (Å²) in [6, 6.07) is 11.8. The molecule has 4 rings (SSSR count). The molecule has 1 aromatic heterocycles. The summed E-state index contributed by atoms with van der Waals surface area (Å²) in [5.41, 5.74) is 9.34. The Hall–Kier alpha value is -3.39. The minimum atomic E-state index is -0.535. The van der Waals surface area contributed by atoms with Crippen molar-refractivity contribution in [1.82, 2.24) is 14.8 Å². The van der Waals surface area contributed by atoms with Crippen LogP contribution in [-0.4, -0.2) is 65.1 Å². The van der Waals surface area contributed by atoms with Gasteiger partial charge in [-0.1, -0.05) is 18.2 Å². The molecule has 192 valence electrons. The lowest BCUT2D eigenvalue weighted by molar-refractivity contribution is 0.0270. The summed E-state index contributed by atoms with van der Waals surface area (Å²) in [5.74, 6) is -0.104. The molecule has 1 fully saturated rings. The average Bonchev–Trinajstić information content (AvgIpc) is 3.36. The Labute approximate surface area is 213 Å². The highest BCUT2D eigenvalue weighted by Gasteiger charge is 2.24. The zero-order valence-corrected chi connectivity index (χ0v) is 21.5. The van der Waals surface area contributed by atoms with Gasteiger partial charge >= 0.3 is 6.09 Å². The largest absolute Gasteiger partial charge is 0.444 e. The van der Waals surface area contributed by atoms with E-state index in [2.05, 4.69) is 22.3 Å². The first-order valence-corrected chi connectivity index (χ1v) is 12.7. The quantitative estimate of drug-likeness (QED) is 0.588. The van der Waals surface area contributed by atoms with E-state index < -0.39 is 11.5 Å². The first-order valence-electron chi connectivity index (χ1n) is 12.7. The van der Waals surface area contributed by atoms with Gasteiger partial charge in [0.2, 0.25) is 0 Å². The Morgan fingerprint density at radius 3 is 2.39 bits per heavy atom. The molecule has 2 aliphatic heterocycles. The topological polar surface area (TPSA) is 101 Å². The van der Waals surface area contributed by atoms with E-state index in [0.29, 0.717) is 30.9 Å². The first kappa shape index (κ1) is 25.7. The fourth-order valence-corrected chi connectivity index (χ4v) is 4.51. The maximum Gasteiger partial charge on any atom is 0.410 e. The number of anilines is 2. The fourth-order valence-electron chi connectivity index (χ4n) is 4.51. The smallest absolute Gasteiger partial charge is 0.410 e. The zero-order chi connectivity index (χ0) is 25.7. The Kier molecular flexibility index (Phi) is 7.94. The van der Waals surface area contributed by atoms with Gasteiger partial charge in [-0.05, 0) is 94.9 Å². The molecule has 0 bridgehead atoms. The molecule has 1 aromatic carbocycles. The third-order valence-corrected chi connectivity index (χ3v) is 6.48. The number of primary amides is 1. The van der Waals surface area contributed by atoms with E-state index in [4.69, 9.17) is 15.5 Å². The van der Waals surface area contributed by atoms with Gasteiger partial charge in [-0.25, -0.2) is 9.78 Å². The standard InChI is InChI=1S/C28H37N5O3/c1-28(2,3)36-27(35)33-18-13-21(14-19-33)24-11-10-23(25(29)34)26(31-24)30-22-8-6-20(7-9-22)12-17-32-15-4-5-16-32/h6-11,13H,4-5,12,14-19H2,1-3H3,(H2,29,34)(H,30,31). The number of aromatic nitrogens is 1. The molecular weight excluding hydrogens is 454 g/mol. The van der Waals surface area contributed by atoms with Gasteiger partial charge in [0.1, 0.15) is 11.4 Å². The zero-order valence-electron chi connectivity index (χ0n) is 21.5. The predicted octanol–water partition coefficient (Wildman–Crippen LogP) is 4.59. The second-order valence-electron chi connectivity index (χ2n) is 10.5. The van der Waals surface area contributed by atoms with Gasteiger partial charge in [0.05, 0.1) is 11.3 Å². The van der Waals surface area contributed by atoms with Crippen molar-refractivity contribution >= 4 is 29.1 Å². The maximum atomic E-state index is 12.4. The number of carbonyl (C=O) groups is 2. The van der Waals surface area contributed by atoms with Crippen molar-refractivity contribution in [1.29, 1.82) is 0 Å². The second kappa shape index (κ2) is 11.1. The minimum Gasteiger partial charge on any atom is -0.444 e. The van der Waals surface area contributed by atoms with Gasteiger partial charge in [-0.2, -0.15) is 0 Å². The number of pyridine rings is 1. The van der Waals surface area contributed by atoms with Crippen LogP contribution in [0.25, 0.3) is 5.57 Å². The second-order valence-corrected chi connectivity index (χ2v) is 10.5. The van der Waals surface area contributed by atoms with Crippen molar-refractivity contribution in [3.8, 4) is 0 Å². The lowest BCUT2D eigenvalue weighted by Gasteiger charge is -2.29. The highest BCUT2D eigenvalue weighted by Crippen LogP contribution is 2.26. The van der Waals surface area contributed by atoms with Crippen LogP contribution in [0.3, 0.4) is 0 Å². The van der Waals surface area contributed by atoms with Crippen LogP contribution >= 0.6 is 0 Å². The summed E-state index contributed by atoms with van der Waals surface area (Å²) in [5, 5.41) is 3.28. The summed E-state index contributed by atoms with van der Waals surface area (Å²) in [6.07, 6.45) is 5.94. The van der Waals surface area contributed by atoms with Gasteiger partial charge in [-0.3, -0.25) is 4.79 Å². The lowest BCUT2D eigenvalue weighted by atomic mass is 10.0. The third-order valence-electron chi connectivity index (χ3n) is 6.48. The molecule has 0 atom stereocenters. The molecule has 36 heavy (non-hydrogen) atoms. The van der Waals surface area contributed by atoms with Crippen LogP contribution in [0.4, 0.5) is 16.3 Å². The molecule has 1 saturated heterocycles.